The first-order valence-corrected chi connectivity index (χ1v) is 10.7. The van der Waals surface area contributed by atoms with Gasteiger partial charge in [0, 0.05) is 22.0 Å². The fraction of sp³-hybridized carbons (Fsp3) is 0.524. The Labute approximate surface area is 162 Å². The number of fused-ring (bicyclic) bond motifs is 5. The Morgan fingerprint density at radius 3 is 2.65 bits per heavy atom. The predicted molar refractivity (Wildman–Crippen MR) is 105 cm³/mol. The number of carbonyl (C=O) groups is 1. The molecule has 2 fully saturated rings. The van der Waals surface area contributed by atoms with Crippen LogP contribution in [0.1, 0.15) is 84.9 Å². The highest BCUT2D eigenvalue weighted by molar-refractivity contribution is 9.10. The van der Waals surface area contributed by atoms with Gasteiger partial charge >= 0.3 is 0 Å². The summed E-state index contributed by atoms with van der Waals surface area (Å²) in [6.07, 6.45) is 9.54. The highest BCUT2D eigenvalue weighted by Crippen LogP contribution is 2.54. The van der Waals surface area contributed by atoms with Crippen LogP contribution in [0.15, 0.2) is 28.7 Å². The van der Waals surface area contributed by atoms with Gasteiger partial charge in [-0.1, -0.05) is 31.4 Å². The predicted octanol–water partition coefficient (Wildman–Crippen LogP) is 5.06. The van der Waals surface area contributed by atoms with Crippen molar-refractivity contribution in [2.24, 2.45) is 0 Å². The molecule has 1 aromatic carbocycles. The van der Waals surface area contributed by atoms with Gasteiger partial charge in [-0.25, -0.2) is 4.68 Å². The van der Waals surface area contributed by atoms with Crippen molar-refractivity contribution in [3.05, 3.63) is 45.7 Å². The molecule has 1 amide bonds. The quantitative estimate of drug-likeness (QED) is 0.763. The van der Waals surface area contributed by atoms with Crippen LogP contribution in [-0.4, -0.2) is 21.7 Å². The molecule has 0 spiro atoms. The number of hydrogen-bond donors (Lipinski definition) is 1. The zero-order valence-corrected chi connectivity index (χ0v) is 16.5. The van der Waals surface area contributed by atoms with E-state index in [1.54, 1.807) is 0 Å². The van der Waals surface area contributed by atoms with Gasteiger partial charge in [0.25, 0.3) is 5.91 Å². The maximum atomic E-state index is 13.1. The summed E-state index contributed by atoms with van der Waals surface area (Å²) in [5.41, 5.74) is 4.22. The Hall–Kier alpha value is -1.62. The Morgan fingerprint density at radius 1 is 1.08 bits per heavy atom. The van der Waals surface area contributed by atoms with E-state index in [2.05, 4.69) is 27.3 Å². The number of nitrogens with one attached hydrogen (secondary N) is 1. The van der Waals surface area contributed by atoms with Crippen molar-refractivity contribution in [1.82, 2.24) is 15.1 Å². The molecule has 5 rings (SSSR count). The molecule has 0 unspecified atom stereocenters. The smallest absolute Gasteiger partial charge is 0.272 e. The number of carbonyl (C=O) groups excluding carboxylic acids is 1. The van der Waals surface area contributed by atoms with Crippen LogP contribution in [0.25, 0.3) is 5.69 Å². The average molecular weight is 414 g/mol. The number of para-hydroxylation sites is 1. The first kappa shape index (κ1) is 16.5. The molecule has 1 aromatic heterocycles. The lowest BCUT2D eigenvalue weighted by Crippen LogP contribution is -2.36. The van der Waals surface area contributed by atoms with Crippen LogP contribution < -0.4 is 5.32 Å². The number of hydrogen-bond acceptors (Lipinski definition) is 2. The number of amides is 1. The Morgan fingerprint density at radius 2 is 1.85 bits per heavy atom. The summed E-state index contributed by atoms with van der Waals surface area (Å²) in [6.45, 7) is 0. The van der Waals surface area contributed by atoms with Crippen molar-refractivity contribution in [2.75, 3.05) is 0 Å². The van der Waals surface area contributed by atoms with E-state index in [-0.39, 0.29) is 5.91 Å². The summed E-state index contributed by atoms with van der Waals surface area (Å²) < 4.78 is 3.06. The van der Waals surface area contributed by atoms with Crippen molar-refractivity contribution in [3.63, 3.8) is 0 Å². The summed E-state index contributed by atoms with van der Waals surface area (Å²) in [5, 5.41) is 8.12. The highest BCUT2D eigenvalue weighted by Gasteiger charge is 2.44. The van der Waals surface area contributed by atoms with Crippen molar-refractivity contribution < 1.29 is 4.79 Å². The van der Waals surface area contributed by atoms with Crippen LogP contribution in [0, 0.1) is 0 Å². The molecule has 3 aliphatic carbocycles. The summed E-state index contributed by atoms with van der Waals surface area (Å²) in [5.74, 6) is 1.09. The van der Waals surface area contributed by atoms with Gasteiger partial charge in [-0.15, -0.1) is 0 Å². The Kier molecular flexibility index (Phi) is 4.15. The number of rotatable bonds is 3. The van der Waals surface area contributed by atoms with Crippen LogP contribution in [0.3, 0.4) is 0 Å². The number of halogens is 1. The molecular weight excluding hydrogens is 390 g/mol. The minimum absolute atomic E-state index is 0.0338. The van der Waals surface area contributed by atoms with Gasteiger partial charge in [0.1, 0.15) is 0 Å². The standard InChI is InChI=1S/C21H24BrN3O/c22-16-8-4-5-9-17(16)25-20-14-11-10-13(12-14)18(20)19(24-25)21(26)23-15-6-2-1-3-7-15/h4-5,8-9,13-15H,1-3,6-7,10-12H2,(H,23,26)/t13-,14-/m0/s1. The molecule has 0 saturated heterocycles. The van der Waals surface area contributed by atoms with Crippen molar-refractivity contribution in [1.29, 1.82) is 0 Å². The summed E-state index contributed by atoms with van der Waals surface area (Å²) >= 11 is 3.66. The molecule has 136 valence electrons. The Balaban J connectivity index is 1.54. The minimum atomic E-state index is 0.0338. The van der Waals surface area contributed by atoms with Gasteiger partial charge < -0.3 is 5.32 Å². The molecular formula is C21H24BrN3O. The fourth-order valence-corrected chi connectivity index (χ4v) is 5.66. The monoisotopic (exact) mass is 413 g/mol. The molecule has 2 saturated carbocycles. The van der Waals surface area contributed by atoms with Gasteiger partial charge in [-0.05, 0) is 66.1 Å². The van der Waals surface area contributed by atoms with Crippen LogP contribution in [0.4, 0.5) is 0 Å². The molecule has 2 atom stereocenters. The van der Waals surface area contributed by atoms with E-state index in [1.165, 1.54) is 49.8 Å². The fourth-order valence-electron chi connectivity index (χ4n) is 5.21. The average Bonchev–Trinajstić information content (AvgIpc) is 3.36. The van der Waals surface area contributed by atoms with Gasteiger partial charge in [0.05, 0.1) is 11.4 Å². The largest absolute Gasteiger partial charge is 0.348 e. The third-order valence-corrected chi connectivity index (χ3v) is 7.09. The maximum absolute atomic E-state index is 13.1. The molecule has 26 heavy (non-hydrogen) atoms. The van der Waals surface area contributed by atoms with E-state index in [4.69, 9.17) is 5.10 Å². The van der Waals surface area contributed by atoms with Crippen LogP contribution in [0.5, 0.6) is 0 Å². The van der Waals surface area contributed by atoms with E-state index in [1.807, 2.05) is 22.9 Å². The van der Waals surface area contributed by atoms with E-state index in [0.717, 1.165) is 23.0 Å². The van der Waals surface area contributed by atoms with Gasteiger partial charge in [0.15, 0.2) is 5.69 Å². The van der Waals surface area contributed by atoms with Crippen LogP contribution in [-0.2, 0) is 0 Å². The second kappa shape index (κ2) is 6.52. The number of benzene rings is 1. The zero-order valence-electron chi connectivity index (χ0n) is 14.9. The lowest BCUT2D eigenvalue weighted by Gasteiger charge is -2.22. The van der Waals surface area contributed by atoms with Crippen molar-refractivity contribution in [3.8, 4) is 5.69 Å². The second-order valence-electron chi connectivity index (χ2n) is 8.03. The molecule has 2 bridgehead atoms. The summed E-state index contributed by atoms with van der Waals surface area (Å²) in [4.78, 5) is 13.1. The lowest BCUT2D eigenvalue weighted by atomic mass is 9.93. The number of nitrogens with zero attached hydrogens (tertiary/aromatic N) is 2. The second-order valence-corrected chi connectivity index (χ2v) is 8.88. The normalized spacial score (nSPS) is 24.7. The van der Waals surface area contributed by atoms with E-state index >= 15 is 0 Å². The van der Waals surface area contributed by atoms with E-state index in [9.17, 15) is 4.79 Å². The van der Waals surface area contributed by atoms with Crippen LogP contribution >= 0.6 is 15.9 Å². The summed E-state index contributed by atoms with van der Waals surface area (Å²) in [6, 6.07) is 8.48. The topological polar surface area (TPSA) is 46.9 Å². The van der Waals surface area contributed by atoms with E-state index < -0.39 is 0 Å². The molecule has 2 aromatic rings. The third-order valence-electron chi connectivity index (χ3n) is 6.42. The van der Waals surface area contributed by atoms with Gasteiger partial charge in [-0.2, -0.15) is 5.10 Å². The number of aromatic nitrogens is 2. The molecule has 4 nitrogen and oxygen atoms in total. The zero-order chi connectivity index (χ0) is 17.7. The molecule has 0 radical (unpaired) electrons. The maximum Gasteiger partial charge on any atom is 0.272 e. The first-order chi connectivity index (χ1) is 12.7. The molecule has 5 heteroatoms. The minimum Gasteiger partial charge on any atom is -0.348 e. The molecule has 1 heterocycles. The van der Waals surface area contributed by atoms with Crippen molar-refractivity contribution >= 4 is 21.8 Å². The highest BCUT2D eigenvalue weighted by atomic mass is 79.9. The van der Waals surface area contributed by atoms with E-state index in [0.29, 0.717) is 23.6 Å². The summed E-state index contributed by atoms with van der Waals surface area (Å²) in [7, 11) is 0. The first-order valence-electron chi connectivity index (χ1n) is 9.91. The SMILES string of the molecule is O=C(NC1CCCCC1)c1nn(-c2ccccc2Br)c2c1[C@H]1CC[C@H]2C1. The van der Waals surface area contributed by atoms with Gasteiger partial charge in [-0.3, -0.25) is 4.79 Å². The Bertz CT molecular complexity index is 853. The third kappa shape index (κ3) is 2.63. The molecule has 1 N–H and O–H groups in total. The lowest BCUT2D eigenvalue weighted by molar-refractivity contribution is 0.0921. The van der Waals surface area contributed by atoms with Crippen molar-refractivity contribution in [2.45, 2.75) is 69.2 Å². The molecule has 3 aliphatic rings. The van der Waals surface area contributed by atoms with Gasteiger partial charge in [0.2, 0.25) is 0 Å². The molecule has 0 aliphatic heterocycles. The van der Waals surface area contributed by atoms with Crippen LogP contribution in [0.2, 0.25) is 0 Å².